The van der Waals surface area contributed by atoms with Crippen molar-refractivity contribution in [2.45, 2.75) is 113 Å². The standard InChI is InChI=1S/C30H39F6NO9S2/c1-25(2,3)45-24(38)37-23-7-6-20(14-22(23)19-8-10-26(4,5)11-9-19)21-15-27(17-43-47(39,40)29(31,32)33)12-13-28(16-21,46-27)18-44-48(41,42)30(34,35)36/h6-8,14,21H,9-13,15-18H2,1-5H3,(H,37,38). The number of allylic oxidation sites excluding steroid dienone is 2. The maximum Gasteiger partial charge on any atom is 0.523 e. The highest BCUT2D eigenvalue weighted by atomic mass is 32.2. The fraction of sp³-hybridized carbons (Fsp3) is 0.700. The van der Waals surface area contributed by atoms with Crippen molar-refractivity contribution in [3.05, 3.63) is 35.4 Å². The van der Waals surface area contributed by atoms with Crippen LogP contribution in [0, 0.1) is 5.41 Å². The van der Waals surface area contributed by atoms with Gasteiger partial charge in [0.25, 0.3) is 0 Å². The summed E-state index contributed by atoms with van der Waals surface area (Å²) < 4.78 is 146. The third kappa shape index (κ3) is 8.84. The van der Waals surface area contributed by atoms with Crippen molar-refractivity contribution in [2.75, 3.05) is 18.5 Å². The lowest BCUT2D eigenvalue weighted by molar-refractivity contribution is -0.173. The van der Waals surface area contributed by atoms with Gasteiger partial charge >= 0.3 is 37.3 Å². The summed E-state index contributed by atoms with van der Waals surface area (Å²) in [6, 6.07) is 4.95. The smallest absolute Gasteiger partial charge is 0.444 e. The van der Waals surface area contributed by atoms with Gasteiger partial charge in [-0.2, -0.15) is 43.2 Å². The molecule has 0 saturated carbocycles. The maximum atomic E-state index is 13.1. The molecule has 3 aliphatic rings. The Hall–Kier alpha value is -2.41. The monoisotopic (exact) mass is 735 g/mol. The number of carbonyl (C=O) groups excluding carboxylic acids is 1. The van der Waals surface area contributed by atoms with Crippen LogP contribution in [-0.4, -0.2) is 64.0 Å². The Morgan fingerprint density at radius 1 is 0.896 bits per heavy atom. The quantitative estimate of drug-likeness (QED) is 0.155. The first kappa shape index (κ1) is 38.4. The average molecular weight is 736 g/mol. The Kier molecular flexibility index (Phi) is 10.2. The van der Waals surface area contributed by atoms with Crippen LogP contribution in [-0.2, 0) is 38.1 Å². The minimum Gasteiger partial charge on any atom is -0.444 e. The number of benzene rings is 1. The second-order valence-electron chi connectivity index (χ2n) is 14.4. The van der Waals surface area contributed by atoms with Crippen LogP contribution < -0.4 is 5.32 Å². The fourth-order valence-electron chi connectivity index (χ4n) is 6.26. The molecule has 1 aromatic carbocycles. The molecule has 2 heterocycles. The molecule has 0 aromatic heterocycles. The molecule has 1 aliphatic carbocycles. The van der Waals surface area contributed by atoms with E-state index in [2.05, 4.69) is 27.5 Å². The van der Waals surface area contributed by atoms with Gasteiger partial charge in [-0.1, -0.05) is 26.0 Å². The van der Waals surface area contributed by atoms with Crippen LogP contribution in [0.2, 0.25) is 0 Å². The van der Waals surface area contributed by atoms with E-state index in [4.69, 9.17) is 9.47 Å². The largest absolute Gasteiger partial charge is 0.523 e. The zero-order valence-corrected chi connectivity index (χ0v) is 28.6. The molecule has 2 saturated heterocycles. The number of nitrogens with one attached hydrogen (secondary N) is 1. The van der Waals surface area contributed by atoms with Crippen molar-refractivity contribution in [2.24, 2.45) is 5.41 Å². The lowest BCUT2D eigenvalue weighted by Gasteiger charge is -2.44. The molecular formula is C30H39F6NO9S2. The first-order valence-corrected chi connectivity index (χ1v) is 17.9. The van der Waals surface area contributed by atoms with Crippen LogP contribution in [0.4, 0.5) is 36.8 Å². The van der Waals surface area contributed by atoms with Gasteiger partial charge in [0.2, 0.25) is 0 Å². The molecule has 0 spiro atoms. The molecule has 2 atom stereocenters. The second kappa shape index (κ2) is 12.7. The molecule has 1 N–H and O–H groups in total. The number of ether oxygens (including phenoxy) is 2. The van der Waals surface area contributed by atoms with Crippen LogP contribution in [0.1, 0.15) is 96.6 Å². The predicted molar refractivity (Wildman–Crippen MR) is 162 cm³/mol. The lowest BCUT2D eigenvalue weighted by atomic mass is 9.75. The molecule has 48 heavy (non-hydrogen) atoms. The van der Waals surface area contributed by atoms with Gasteiger partial charge in [-0.05, 0) is 100 Å². The topological polar surface area (TPSA) is 134 Å². The maximum absolute atomic E-state index is 13.1. The Bertz CT molecular complexity index is 1590. The van der Waals surface area contributed by atoms with Crippen LogP contribution in [0.15, 0.2) is 24.3 Å². The normalized spacial score (nSPS) is 26.6. The van der Waals surface area contributed by atoms with Gasteiger partial charge in [0, 0.05) is 5.56 Å². The Morgan fingerprint density at radius 3 is 1.85 bits per heavy atom. The second-order valence-corrected chi connectivity index (χ2v) is 17.6. The molecule has 272 valence electrons. The molecule has 2 bridgehead atoms. The summed E-state index contributed by atoms with van der Waals surface area (Å²) in [7, 11) is -12.1. The number of alkyl halides is 6. The number of rotatable bonds is 9. The van der Waals surface area contributed by atoms with Crippen molar-refractivity contribution < 1.29 is 65.8 Å². The van der Waals surface area contributed by atoms with Crippen molar-refractivity contribution in [3.8, 4) is 0 Å². The third-order valence-electron chi connectivity index (χ3n) is 8.70. The number of fused-ring (bicyclic) bond motifs is 2. The van der Waals surface area contributed by atoms with E-state index < -0.39 is 73.3 Å². The van der Waals surface area contributed by atoms with E-state index in [-0.39, 0.29) is 31.1 Å². The molecule has 2 fully saturated rings. The highest BCUT2D eigenvalue weighted by Crippen LogP contribution is 2.55. The zero-order chi connectivity index (χ0) is 36.2. The number of carbonyl (C=O) groups is 1. The van der Waals surface area contributed by atoms with Gasteiger partial charge in [-0.25, -0.2) is 4.79 Å². The molecule has 2 unspecified atom stereocenters. The number of hydrogen-bond acceptors (Lipinski definition) is 9. The Morgan fingerprint density at radius 2 is 1.42 bits per heavy atom. The summed E-state index contributed by atoms with van der Waals surface area (Å²) in [5.74, 6) is -0.689. The van der Waals surface area contributed by atoms with E-state index in [1.165, 1.54) is 0 Å². The van der Waals surface area contributed by atoms with Gasteiger partial charge in [0.1, 0.15) is 5.60 Å². The molecule has 4 rings (SSSR count). The summed E-state index contributed by atoms with van der Waals surface area (Å²) in [5.41, 5.74) is -13.3. The molecular weight excluding hydrogens is 696 g/mol. The van der Waals surface area contributed by atoms with E-state index in [0.29, 0.717) is 23.2 Å². The van der Waals surface area contributed by atoms with E-state index in [0.717, 1.165) is 18.4 Å². The first-order valence-electron chi connectivity index (χ1n) is 15.1. The summed E-state index contributed by atoms with van der Waals surface area (Å²) in [6.45, 7) is 7.06. The molecule has 18 heteroatoms. The van der Waals surface area contributed by atoms with E-state index in [1.807, 2.05) is 6.08 Å². The number of hydrogen-bond donors (Lipinski definition) is 1. The fourth-order valence-corrected chi connectivity index (χ4v) is 7.27. The van der Waals surface area contributed by atoms with E-state index in [9.17, 15) is 48.0 Å². The number of halogens is 6. The van der Waals surface area contributed by atoms with Gasteiger partial charge in [0.05, 0.1) is 30.1 Å². The van der Waals surface area contributed by atoms with Crippen molar-refractivity contribution >= 4 is 37.6 Å². The Labute approximate surface area is 275 Å². The molecule has 10 nitrogen and oxygen atoms in total. The summed E-state index contributed by atoms with van der Waals surface area (Å²) in [4.78, 5) is 12.7. The van der Waals surface area contributed by atoms with Crippen molar-refractivity contribution in [1.82, 2.24) is 0 Å². The average Bonchev–Trinajstić information content (AvgIpc) is 3.19. The highest BCUT2D eigenvalue weighted by Gasteiger charge is 2.59. The van der Waals surface area contributed by atoms with Crippen LogP contribution in [0.25, 0.3) is 5.57 Å². The van der Waals surface area contributed by atoms with Crippen molar-refractivity contribution in [1.29, 1.82) is 0 Å². The zero-order valence-electron chi connectivity index (χ0n) is 27.0. The van der Waals surface area contributed by atoms with Crippen LogP contribution in [0.5, 0.6) is 0 Å². The van der Waals surface area contributed by atoms with Gasteiger partial charge in [-0.3, -0.25) is 13.7 Å². The summed E-state index contributed by atoms with van der Waals surface area (Å²) >= 11 is 0. The van der Waals surface area contributed by atoms with Gasteiger partial charge in [0.15, 0.2) is 0 Å². The first-order chi connectivity index (χ1) is 21.7. The minimum atomic E-state index is -6.06. The highest BCUT2D eigenvalue weighted by molar-refractivity contribution is 7.87. The van der Waals surface area contributed by atoms with Crippen molar-refractivity contribution in [3.63, 3.8) is 0 Å². The van der Waals surface area contributed by atoms with Crippen LogP contribution in [0.3, 0.4) is 0 Å². The molecule has 1 aromatic rings. The number of amides is 1. The van der Waals surface area contributed by atoms with E-state index >= 15 is 0 Å². The summed E-state index contributed by atoms with van der Waals surface area (Å²) in [6.07, 6.45) is 2.94. The van der Waals surface area contributed by atoms with Gasteiger partial charge in [-0.15, -0.1) is 0 Å². The summed E-state index contributed by atoms with van der Waals surface area (Å²) in [5, 5.41) is 2.75. The van der Waals surface area contributed by atoms with E-state index in [1.54, 1.807) is 39.0 Å². The molecule has 0 radical (unpaired) electrons. The predicted octanol–water partition coefficient (Wildman–Crippen LogP) is 7.52. The van der Waals surface area contributed by atoms with Gasteiger partial charge < -0.3 is 9.47 Å². The minimum absolute atomic E-state index is 0.0199. The third-order valence-corrected chi connectivity index (χ3v) is 10.7. The Balaban J connectivity index is 1.73. The molecule has 1 amide bonds. The molecule has 2 aliphatic heterocycles. The number of anilines is 1. The van der Waals surface area contributed by atoms with Crippen LogP contribution >= 0.6 is 0 Å². The SMILES string of the molecule is CC1(C)CC=C(c2cc(C3CC4(COS(=O)(=O)C(F)(F)F)CCC(COS(=O)(=O)C(F)(F)F)(C3)O4)ccc2NC(=O)OC(C)(C)C)CC1. The lowest BCUT2D eigenvalue weighted by Crippen LogP contribution is -2.49.